The van der Waals surface area contributed by atoms with E-state index in [1.807, 2.05) is 37.3 Å². The third kappa shape index (κ3) is 2.26. The van der Waals surface area contributed by atoms with E-state index in [-0.39, 0.29) is 4.83 Å². The maximum absolute atomic E-state index is 11.1. The lowest BCUT2D eigenvalue weighted by molar-refractivity contribution is 0.477. The standard InChI is InChI=1S/C14H12BrNO3/c1-2-9-4-6-11(18-9)13(15)8-3-5-10-12(7-8)19-14(17)16-10/h3-7,13H,2H2,1H3,(H,16,17). The number of benzene rings is 1. The lowest BCUT2D eigenvalue weighted by Gasteiger charge is -2.06. The lowest BCUT2D eigenvalue weighted by Crippen LogP contribution is -1.92. The highest BCUT2D eigenvalue weighted by atomic mass is 79.9. The highest BCUT2D eigenvalue weighted by Gasteiger charge is 2.15. The second-order valence-electron chi connectivity index (χ2n) is 4.29. The molecular formula is C14H12BrNO3. The van der Waals surface area contributed by atoms with E-state index in [1.54, 1.807) is 0 Å². The Kier molecular flexibility index (Phi) is 3.06. The SMILES string of the molecule is CCc1ccc(C(Br)c2ccc3[nH]c(=O)oc3c2)o1. The molecule has 0 saturated carbocycles. The Morgan fingerprint density at radius 3 is 2.84 bits per heavy atom. The molecule has 0 aliphatic rings. The molecule has 0 aliphatic heterocycles. The van der Waals surface area contributed by atoms with E-state index >= 15 is 0 Å². The molecule has 2 heterocycles. The quantitative estimate of drug-likeness (QED) is 0.747. The minimum atomic E-state index is -0.440. The number of furan rings is 1. The Morgan fingerprint density at radius 2 is 2.11 bits per heavy atom. The Balaban J connectivity index is 2.00. The molecule has 1 atom stereocenters. The fourth-order valence-corrected chi connectivity index (χ4v) is 2.54. The lowest BCUT2D eigenvalue weighted by atomic mass is 10.1. The molecule has 19 heavy (non-hydrogen) atoms. The molecular weight excluding hydrogens is 310 g/mol. The van der Waals surface area contributed by atoms with Crippen molar-refractivity contribution >= 4 is 27.0 Å². The van der Waals surface area contributed by atoms with Crippen LogP contribution in [0.15, 0.2) is 44.0 Å². The summed E-state index contributed by atoms with van der Waals surface area (Å²) in [4.78, 5) is 13.7. The minimum absolute atomic E-state index is 0.0580. The summed E-state index contributed by atoms with van der Waals surface area (Å²) < 4.78 is 10.8. The first-order valence-electron chi connectivity index (χ1n) is 6.03. The third-order valence-electron chi connectivity index (χ3n) is 3.02. The number of halogens is 1. The van der Waals surface area contributed by atoms with Gasteiger partial charge in [-0.15, -0.1) is 0 Å². The van der Waals surface area contributed by atoms with Crippen molar-refractivity contribution in [2.45, 2.75) is 18.2 Å². The molecule has 3 aromatic rings. The predicted molar refractivity (Wildman–Crippen MR) is 75.7 cm³/mol. The van der Waals surface area contributed by atoms with Crippen LogP contribution in [0.4, 0.5) is 0 Å². The molecule has 0 aliphatic carbocycles. The molecule has 0 fully saturated rings. The summed E-state index contributed by atoms with van der Waals surface area (Å²) in [6.45, 7) is 2.05. The first-order chi connectivity index (χ1) is 9.17. The van der Waals surface area contributed by atoms with Gasteiger partial charge in [-0.2, -0.15) is 0 Å². The summed E-state index contributed by atoms with van der Waals surface area (Å²) in [5.74, 6) is 1.35. The molecule has 98 valence electrons. The summed E-state index contributed by atoms with van der Waals surface area (Å²) in [7, 11) is 0. The number of fused-ring (bicyclic) bond motifs is 1. The number of oxazole rings is 1. The number of rotatable bonds is 3. The molecule has 0 saturated heterocycles. The van der Waals surface area contributed by atoms with Gasteiger partial charge in [0.1, 0.15) is 11.5 Å². The Bertz CT molecular complexity index is 768. The highest BCUT2D eigenvalue weighted by Crippen LogP contribution is 2.33. The highest BCUT2D eigenvalue weighted by molar-refractivity contribution is 9.09. The Labute approximate surface area is 117 Å². The zero-order valence-corrected chi connectivity index (χ0v) is 11.9. The van der Waals surface area contributed by atoms with Crippen molar-refractivity contribution in [1.29, 1.82) is 0 Å². The van der Waals surface area contributed by atoms with Gasteiger partial charge in [-0.05, 0) is 29.8 Å². The summed E-state index contributed by atoms with van der Waals surface area (Å²) >= 11 is 3.61. The average Bonchev–Trinajstić information content (AvgIpc) is 3.01. The Morgan fingerprint density at radius 1 is 1.26 bits per heavy atom. The van der Waals surface area contributed by atoms with Crippen molar-refractivity contribution in [3.05, 3.63) is 58.0 Å². The Hall–Kier alpha value is -1.75. The second-order valence-corrected chi connectivity index (χ2v) is 5.21. The normalized spacial score (nSPS) is 12.9. The van der Waals surface area contributed by atoms with Crippen LogP contribution >= 0.6 is 15.9 Å². The van der Waals surface area contributed by atoms with E-state index in [0.717, 1.165) is 23.5 Å². The van der Waals surface area contributed by atoms with Crippen LogP contribution in [0.1, 0.15) is 28.8 Å². The van der Waals surface area contributed by atoms with Crippen LogP contribution in [0.3, 0.4) is 0 Å². The molecule has 0 amide bonds. The van der Waals surface area contributed by atoms with Crippen molar-refractivity contribution in [2.75, 3.05) is 0 Å². The average molecular weight is 322 g/mol. The number of hydrogen-bond donors (Lipinski definition) is 1. The molecule has 4 nitrogen and oxygen atoms in total. The van der Waals surface area contributed by atoms with Gasteiger partial charge in [0.05, 0.1) is 10.3 Å². The van der Waals surface area contributed by atoms with E-state index in [0.29, 0.717) is 11.1 Å². The van der Waals surface area contributed by atoms with Gasteiger partial charge in [0.25, 0.3) is 0 Å². The van der Waals surface area contributed by atoms with E-state index in [2.05, 4.69) is 20.9 Å². The van der Waals surface area contributed by atoms with Gasteiger partial charge in [0, 0.05) is 6.42 Å². The molecule has 0 bridgehead atoms. The van der Waals surface area contributed by atoms with Gasteiger partial charge in [-0.3, -0.25) is 4.98 Å². The zero-order valence-electron chi connectivity index (χ0n) is 10.3. The number of hydrogen-bond acceptors (Lipinski definition) is 3. The molecule has 1 unspecified atom stereocenters. The topological polar surface area (TPSA) is 59.1 Å². The number of aromatic amines is 1. The van der Waals surface area contributed by atoms with Crippen molar-refractivity contribution in [1.82, 2.24) is 4.98 Å². The molecule has 1 aromatic carbocycles. The van der Waals surface area contributed by atoms with Crippen molar-refractivity contribution in [3.8, 4) is 0 Å². The maximum atomic E-state index is 11.1. The number of nitrogens with one attached hydrogen (secondary N) is 1. The fraction of sp³-hybridized carbons (Fsp3) is 0.214. The van der Waals surface area contributed by atoms with Crippen LogP contribution in [0, 0.1) is 0 Å². The van der Waals surface area contributed by atoms with Gasteiger partial charge in [0.15, 0.2) is 5.58 Å². The van der Waals surface area contributed by atoms with Crippen LogP contribution < -0.4 is 5.76 Å². The molecule has 3 rings (SSSR count). The molecule has 0 radical (unpaired) electrons. The van der Waals surface area contributed by atoms with Gasteiger partial charge < -0.3 is 8.83 Å². The van der Waals surface area contributed by atoms with Gasteiger partial charge in [-0.25, -0.2) is 4.79 Å². The van der Waals surface area contributed by atoms with Gasteiger partial charge in [-0.1, -0.05) is 28.9 Å². The minimum Gasteiger partial charge on any atom is -0.465 e. The molecule has 0 spiro atoms. The molecule has 2 aromatic heterocycles. The van der Waals surface area contributed by atoms with Gasteiger partial charge in [0.2, 0.25) is 0 Å². The fourth-order valence-electron chi connectivity index (χ4n) is 2.00. The van der Waals surface area contributed by atoms with Crippen LogP contribution in [0.5, 0.6) is 0 Å². The summed E-state index contributed by atoms with van der Waals surface area (Å²) in [5, 5.41) is 0. The summed E-state index contributed by atoms with van der Waals surface area (Å²) in [6.07, 6.45) is 0.867. The number of aromatic nitrogens is 1. The number of alkyl halides is 1. The van der Waals surface area contributed by atoms with Crippen molar-refractivity contribution in [2.24, 2.45) is 0 Å². The molecule has 1 N–H and O–H groups in total. The summed E-state index contributed by atoms with van der Waals surface area (Å²) in [5.41, 5.74) is 2.23. The van der Waals surface area contributed by atoms with Crippen LogP contribution in [0.2, 0.25) is 0 Å². The van der Waals surface area contributed by atoms with E-state index in [4.69, 9.17) is 8.83 Å². The van der Waals surface area contributed by atoms with E-state index in [1.165, 1.54) is 0 Å². The van der Waals surface area contributed by atoms with Crippen molar-refractivity contribution < 1.29 is 8.83 Å². The van der Waals surface area contributed by atoms with Crippen LogP contribution in [-0.4, -0.2) is 4.98 Å². The first kappa shape index (κ1) is 12.3. The largest absolute Gasteiger partial charge is 0.465 e. The zero-order chi connectivity index (χ0) is 13.4. The smallest absolute Gasteiger partial charge is 0.417 e. The second kappa shape index (κ2) is 4.74. The molecule has 5 heteroatoms. The van der Waals surface area contributed by atoms with Crippen molar-refractivity contribution in [3.63, 3.8) is 0 Å². The van der Waals surface area contributed by atoms with Gasteiger partial charge >= 0.3 is 5.76 Å². The van der Waals surface area contributed by atoms with E-state index < -0.39 is 5.76 Å². The van der Waals surface area contributed by atoms with Crippen LogP contribution in [0.25, 0.3) is 11.1 Å². The number of aryl methyl sites for hydroxylation is 1. The maximum Gasteiger partial charge on any atom is 0.417 e. The number of H-pyrrole nitrogens is 1. The summed E-state index contributed by atoms with van der Waals surface area (Å²) in [6, 6.07) is 9.52. The first-order valence-corrected chi connectivity index (χ1v) is 6.94. The third-order valence-corrected chi connectivity index (χ3v) is 4.00. The predicted octanol–water partition coefficient (Wildman–Crippen LogP) is 3.76. The van der Waals surface area contributed by atoms with E-state index in [9.17, 15) is 4.79 Å². The van der Waals surface area contributed by atoms with Crippen LogP contribution in [-0.2, 0) is 6.42 Å². The monoisotopic (exact) mass is 321 g/mol.